The highest BCUT2D eigenvalue weighted by Gasteiger charge is 2.23. The van der Waals surface area contributed by atoms with Crippen molar-refractivity contribution in [1.29, 1.82) is 0 Å². The second-order valence-electron chi connectivity index (χ2n) is 6.27. The molecule has 0 saturated carbocycles. The van der Waals surface area contributed by atoms with E-state index >= 15 is 0 Å². The third-order valence-electron chi connectivity index (χ3n) is 4.21. The Kier molecular flexibility index (Phi) is 6.38. The fourth-order valence-corrected chi connectivity index (χ4v) is 3.59. The maximum Gasteiger partial charge on any atom is 0.238 e. The molecule has 4 N–H and O–H groups in total. The summed E-state index contributed by atoms with van der Waals surface area (Å²) in [6.45, 7) is 0. The minimum absolute atomic E-state index is 0.00813. The number of sulfonamides is 1. The molecular weight excluding hydrogens is 406 g/mol. The van der Waals surface area contributed by atoms with Gasteiger partial charge in [0.1, 0.15) is 0 Å². The third kappa shape index (κ3) is 5.47. The summed E-state index contributed by atoms with van der Waals surface area (Å²) in [6.07, 6.45) is 0. The number of carbonyl (C=O) groups excluding carboxylic acids is 1. The fraction of sp³-hybridized carbons (Fsp3) is 0.0476. The summed E-state index contributed by atoms with van der Waals surface area (Å²) in [6, 6.07) is 24.6. The average molecular weight is 426 g/mol. The van der Waals surface area contributed by atoms with Crippen molar-refractivity contribution in [2.24, 2.45) is 5.14 Å². The Morgan fingerprint density at radius 2 is 1.31 bits per heavy atom. The van der Waals surface area contributed by atoms with Gasteiger partial charge in [0.25, 0.3) is 0 Å². The molecule has 148 valence electrons. The van der Waals surface area contributed by atoms with Gasteiger partial charge in [-0.2, -0.15) is 0 Å². The van der Waals surface area contributed by atoms with E-state index in [9.17, 15) is 13.2 Å². The molecule has 1 amide bonds. The lowest BCUT2D eigenvalue weighted by molar-refractivity contribution is -0.120. The van der Waals surface area contributed by atoms with Crippen molar-refractivity contribution in [3.63, 3.8) is 0 Å². The molecule has 29 heavy (non-hydrogen) atoms. The molecule has 0 aromatic heterocycles. The Balaban J connectivity index is 1.75. The molecule has 0 spiro atoms. The van der Waals surface area contributed by atoms with Crippen molar-refractivity contribution < 1.29 is 13.2 Å². The first kappa shape index (κ1) is 20.7. The van der Waals surface area contributed by atoms with Crippen molar-refractivity contribution in [3.05, 3.63) is 96.1 Å². The Labute approximate surface area is 174 Å². The zero-order valence-electron chi connectivity index (χ0n) is 15.3. The first-order valence-corrected chi connectivity index (χ1v) is 10.6. The van der Waals surface area contributed by atoms with Gasteiger partial charge in [0.2, 0.25) is 15.9 Å². The second kappa shape index (κ2) is 8.95. The van der Waals surface area contributed by atoms with Crippen molar-refractivity contribution in [2.75, 3.05) is 5.32 Å². The third-order valence-corrected chi connectivity index (χ3v) is 5.34. The SMILES string of the molecule is NS(=O)(=O)c1ccc(NC(=S)NC(=O)C(c2ccccc2)c2ccccc2)cc1. The number of rotatable bonds is 5. The van der Waals surface area contributed by atoms with Gasteiger partial charge < -0.3 is 10.6 Å². The van der Waals surface area contributed by atoms with Crippen LogP contribution in [-0.4, -0.2) is 19.4 Å². The van der Waals surface area contributed by atoms with Crippen LogP contribution in [0, 0.1) is 0 Å². The van der Waals surface area contributed by atoms with Gasteiger partial charge in [0.05, 0.1) is 10.8 Å². The molecule has 0 fully saturated rings. The highest BCUT2D eigenvalue weighted by molar-refractivity contribution is 7.89. The molecule has 0 aliphatic rings. The van der Waals surface area contributed by atoms with Crippen LogP contribution in [0.1, 0.15) is 17.0 Å². The summed E-state index contributed by atoms with van der Waals surface area (Å²) >= 11 is 5.25. The van der Waals surface area contributed by atoms with Crippen LogP contribution in [0.3, 0.4) is 0 Å². The number of hydrogen-bond donors (Lipinski definition) is 3. The maximum absolute atomic E-state index is 13.0. The van der Waals surface area contributed by atoms with E-state index in [1.54, 1.807) is 0 Å². The molecule has 0 aliphatic carbocycles. The van der Waals surface area contributed by atoms with Gasteiger partial charge in [-0.25, -0.2) is 13.6 Å². The number of hydrogen-bond acceptors (Lipinski definition) is 4. The van der Waals surface area contributed by atoms with E-state index in [1.807, 2.05) is 60.7 Å². The number of nitrogens with two attached hydrogens (primary N) is 1. The zero-order chi connectivity index (χ0) is 20.9. The summed E-state index contributed by atoms with van der Waals surface area (Å²) in [7, 11) is -3.77. The summed E-state index contributed by atoms with van der Waals surface area (Å²) in [4.78, 5) is 13.0. The Morgan fingerprint density at radius 3 is 1.76 bits per heavy atom. The average Bonchev–Trinajstić information content (AvgIpc) is 2.69. The van der Waals surface area contributed by atoms with Gasteiger partial charge in [-0.3, -0.25) is 4.79 Å². The van der Waals surface area contributed by atoms with Gasteiger partial charge in [-0.15, -0.1) is 0 Å². The lowest BCUT2D eigenvalue weighted by atomic mass is 9.90. The molecule has 6 nitrogen and oxygen atoms in total. The van der Waals surface area contributed by atoms with Crippen LogP contribution in [0.4, 0.5) is 5.69 Å². The smallest absolute Gasteiger partial charge is 0.238 e. The summed E-state index contributed by atoms with van der Waals surface area (Å²) in [5.41, 5.74) is 2.21. The topological polar surface area (TPSA) is 101 Å². The van der Waals surface area contributed by atoms with Gasteiger partial charge in [-0.1, -0.05) is 60.7 Å². The Morgan fingerprint density at radius 1 is 0.828 bits per heavy atom. The summed E-state index contributed by atoms with van der Waals surface area (Å²) in [5.74, 6) is -0.803. The van der Waals surface area contributed by atoms with E-state index < -0.39 is 15.9 Å². The molecule has 3 aromatic carbocycles. The van der Waals surface area contributed by atoms with Crippen LogP contribution >= 0.6 is 12.2 Å². The van der Waals surface area contributed by atoms with Crippen LogP contribution in [0.2, 0.25) is 0 Å². The molecule has 0 saturated heterocycles. The van der Waals surface area contributed by atoms with Crippen molar-refractivity contribution in [2.45, 2.75) is 10.8 Å². The molecule has 3 aromatic rings. The largest absolute Gasteiger partial charge is 0.332 e. The second-order valence-corrected chi connectivity index (χ2v) is 8.24. The highest BCUT2D eigenvalue weighted by atomic mass is 32.2. The van der Waals surface area contributed by atoms with Crippen molar-refractivity contribution in [1.82, 2.24) is 5.32 Å². The number of nitrogens with one attached hydrogen (secondary N) is 2. The monoisotopic (exact) mass is 425 g/mol. The Bertz CT molecular complexity index is 1060. The van der Waals surface area contributed by atoms with Gasteiger partial charge in [-0.05, 0) is 47.6 Å². The maximum atomic E-state index is 13.0. The molecular formula is C21H19N3O3S2. The molecule has 0 aliphatic heterocycles. The molecule has 0 bridgehead atoms. The van der Waals surface area contributed by atoms with Crippen LogP contribution in [0.15, 0.2) is 89.8 Å². The summed E-state index contributed by atoms with van der Waals surface area (Å²) < 4.78 is 22.7. The van der Waals surface area contributed by atoms with Crippen LogP contribution < -0.4 is 15.8 Å². The first-order valence-electron chi connectivity index (χ1n) is 8.69. The van der Waals surface area contributed by atoms with E-state index in [1.165, 1.54) is 24.3 Å². The first-order chi connectivity index (χ1) is 13.8. The van der Waals surface area contributed by atoms with Gasteiger partial charge in [0.15, 0.2) is 5.11 Å². The lowest BCUT2D eigenvalue weighted by Gasteiger charge is -2.18. The Hall–Kier alpha value is -3.07. The van der Waals surface area contributed by atoms with Crippen molar-refractivity contribution in [3.8, 4) is 0 Å². The minimum Gasteiger partial charge on any atom is -0.332 e. The molecule has 8 heteroatoms. The number of benzene rings is 3. The minimum atomic E-state index is -3.77. The zero-order valence-corrected chi connectivity index (χ0v) is 16.9. The number of carbonyl (C=O) groups is 1. The molecule has 0 heterocycles. The quantitative estimate of drug-likeness (QED) is 0.546. The van der Waals surface area contributed by atoms with E-state index in [4.69, 9.17) is 17.4 Å². The predicted molar refractivity (Wildman–Crippen MR) is 117 cm³/mol. The highest BCUT2D eigenvalue weighted by Crippen LogP contribution is 2.24. The number of primary sulfonamides is 1. The number of thiocarbonyl (C=S) groups is 1. The van der Waals surface area contributed by atoms with Gasteiger partial charge in [0, 0.05) is 5.69 Å². The van der Waals surface area contributed by atoms with Crippen LogP contribution in [0.5, 0.6) is 0 Å². The molecule has 3 rings (SSSR count). The van der Waals surface area contributed by atoms with E-state index in [2.05, 4.69) is 10.6 Å². The number of amides is 1. The van der Waals surface area contributed by atoms with E-state index in [0.29, 0.717) is 5.69 Å². The lowest BCUT2D eigenvalue weighted by Crippen LogP contribution is -2.37. The predicted octanol–water partition coefficient (Wildman–Crippen LogP) is 2.98. The van der Waals surface area contributed by atoms with Crippen molar-refractivity contribution >= 4 is 38.9 Å². The van der Waals surface area contributed by atoms with Crippen LogP contribution in [-0.2, 0) is 14.8 Å². The van der Waals surface area contributed by atoms with E-state index in [0.717, 1.165) is 11.1 Å². The molecule has 0 radical (unpaired) electrons. The summed E-state index contributed by atoms with van der Waals surface area (Å²) in [5, 5.41) is 10.8. The standard InChI is InChI=1S/C21H19N3O3S2/c22-29(26,27)18-13-11-17(12-14-18)23-21(28)24-20(25)19(15-7-3-1-4-8-15)16-9-5-2-6-10-16/h1-14,19H,(H2,22,26,27)(H2,23,24,25,28). The normalized spacial score (nSPS) is 11.1. The fourth-order valence-electron chi connectivity index (χ4n) is 2.86. The van der Waals surface area contributed by atoms with Gasteiger partial charge >= 0.3 is 0 Å². The van der Waals surface area contributed by atoms with Crippen LogP contribution in [0.25, 0.3) is 0 Å². The van der Waals surface area contributed by atoms with E-state index in [-0.39, 0.29) is 15.9 Å². The number of anilines is 1. The molecule has 0 unspecified atom stereocenters. The molecule has 0 atom stereocenters.